The van der Waals surface area contributed by atoms with E-state index in [1.54, 1.807) is 0 Å². The average molecular weight is 649 g/mol. The minimum Gasteiger partial charge on any atom is -0.383 e. The van der Waals surface area contributed by atoms with Crippen LogP contribution in [0.5, 0.6) is 0 Å². The molecule has 5 N–H and O–H groups in total. The molecule has 0 spiro atoms. The van der Waals surface area contributed by atoms with E-state index < -0.39 is 7.60 Å². The number of hydrogen-bond acceptors (Lipinski definition) is 11. The highest BCUT2D eigenvalue weighted by atomic mass is 31.2. The van der Waals surface area contributed by atoms with Gasteiger partial charge in [0.2, 0.25) is 5.95 Å². The van der Waals surface area contributed by atoms with Crippen LogP contribution < -0.4 is 26.6 Å². The summed E-state index contributed by atoms with van der Waals surface area (Å²) in [5.41, 5.74) is 6.74. The molecule has 4 aliphatic rings. The largest absolute Gasteiger partial charge is 0.383 e. The molecule has 0 aromatic carbocycles. The van der Waals surface area contributed by atoms with Crippen molar-refractivity contribution in [3.63, 3.8) is 0 Å². The second-order valence-electron chi connectivity index (χ2n) is 14.1. The molecule has 4 fully saturated rings. The van der Waals surface area contributed by atoms with E-state index in [0.717, 1.165) is 50.5 Å². The standard InChI is InChI=1S/C33H61N8O3P/c1-3-43-45(42,44-4-2)21-20-40-16-18-41(19-17-40)31-22-30(34)38-32(39-31)36-24-28-12-10-27(11-13-28)23-35-25-33(14-15-33)26-37-29-8-6-5-7-9-29/h22,27-29,35,37H,3-21,23-26H2,1-2H3,(H3,34,36,38,39)/t27-,28-. The zero-order chi connectivity index (χ0) is 31.5. The fourth-order valence-electron chi connectivity index (χ4n) is 7.40. The summed E-state index contributed by atoms with van der Waals surface area (Å²) in [5, 5.41) is 11.3. The lowest BCUT2D eigenvalue weighted by Crippen LogP contribution is -2.47. The van der Waals surface area contributed by atoms with E-state index >= 15 is 0 Å². The van der Waals surface area contributed by atoms with Gasteiger partial charge in [0.25, 0.3) is 0 Å². The van der Waals surface area contributed by atoms with E-state index in [-0.39, 0.29) is 0 Å². The number of hydrogen-bond donors (Lipinski definition) is 4. The minimum absolute atomic E-state index is 0.397. The second kappa shape index (κ2) is 17.1. The molecule has 0 radical (unpaired) electrons. The number of rotatable bonds is 18. The van der Waals surface area contributed by atoms with Gasteiger partial charge in [-0.25, -0.2) is 0 Å². The first kappa shape index (κ1) is 34.8. The Kier molecular flexibility index (Phi) is 13.2. The Morgan fingerprint density at radius 1 is 0.911 bits per heavy atom. The Bertz CT molecular complexity index is 1060. The van der Waals surface area contributed by atoms with Crippen LogP contribution in [-0.2, 0) is 13.6 Å². The van der Waals surface area contributed by atoms with Crippen LogP contribution >= 0.6 is 7.60 Å². The van der Waals surface area contributed by atoms with Gasteiger partial charge in [0, 0.05) is 64.5 Å². The van der Waals surface area contributed by atoms with Crippen LogP contribution in [-0.4, -0.2) is 99.2 Å². The summed E-state index contributed by atoms with van der Waals surface area (Å²) in [7, 11) is -3.02. The molecule has 3 aliphatic carbocycles. The van der Waals surface area contributed by atoms with E-state index in [4.69, 9.17) is 19.8 Å². The topological polar surface area (TPSA) is 130 Å². The van der Waals surface area contributed by atoms with Gasteiger partial charge in [0.1, 0.15) is 11.6 Å². The molecule has 1 aromatic heterocycles. The smallest absolute Gasteiger partial charge is 0.331 e. The summed E-state index contributed by atoms with van der Waals surface area (Å²) in [6, 6.07) is 2.64. The van der Waals surface area contributed by atoms with Gasteiger partial charge in [-0.2, -0.15) is 9.97 Å². The van der Waals surface area contributed by atoms with Crippen molar-refractivity contribution in [2.24, 2.45) is 17.3 Å². The predicted molar refractivity (Wildman–Crippen MR) is 184 cm³/mol. The summed E-state index contributed by atoms with van der Waals surface area (Å²) >= 11 is 0. The Hall–Kier alpha value is -1.49. The first-order valence-corrected chi connectivity index (χ1v) is 19.8. The molecule has 1 aromatic rings. The Morgan fingerprint density at radius 2 is 1.58 bits per heavy atom. The quantitative estimate of drug-likeness (QED) is 0.161. The second-order valence-corrected chi connectivity index (χ2v) is 16.3. The molecule has 45 heavy (non-hydrogen) atoms. The van der Waals surface area contributed by atoms with Crippen LogP contribution in [0.25, 0.3) is 0 Å². The Morgan fingerprint density at radius 3 is 2.22 bits per heavy atom. The van der Waals surface area contributed by atoms with E-state index in [2.05, 4.69) is 30.7 Å². The maximum atomic E-state index is 12.8. The van der Waals surface area contributed by atoms with Crippen molar-refractivity contribution < 1.29 is 13.6 Å². The first-order chi connectivity index (χ1) is 21.9. The minimum atomic E-state index is -3.02. The van der Waals surface area contributed by atoms with Gasteiger partial charge in [0.15, 0.2) is 0 Å². The summed E-state index contributed by atoms with van der Waals surface area (Å²) in [4.78, 5) is 13.9. The number of piperazine rings is 1. The van der Waals surface area contributed by atoms with Gasteiger partial charge >= 0.3 is 7.60 Å². The van der Waals surface area contributed by atoms with Gasteiger partial charge < -0.3 is 35.6 Å². The van der Waals surface area contributed by atoms with Crippen molar-refractivity contribution in [2.45, 2.75) is 90.5 Å². The number of nitrogens with two attached hydrogens (primary N) is 1. The number of aromatic nitrogens is 2. The highest BCUT2D eigenvalue weighted by Gasteiger charge is 2.42. The maximum absolute atomic E-state index is 12.8. The van der Waals surface area contributed by atoms with Crippen molar-refractivity contribution >= 4 is 25.2 Å². The monoisotopic (exact) mass is 648 g/mol. The van der Waals surface area contributed by atoms with Crippen molar-refractivity contribution in [1.29, 1.82) is 0 Å². The number of nitrogens with one attached hydrogen (secondary N) is 3. The number of nitrogen functional groups attached to an aromatic ring is 1. The van der Waals surface area contributed by atoms with Crippen LogP contribution in [0.3, 0.4) is 0 Å². The van der Waals surface area contributed by atoms with Gasteiger partial charge in [-0.1, -0.05) is 19.3 Å². The number of anilines is 3. The van der Waals surface area contributed by atoms with E-state index in [1.807, 2.05) is 19.9 Å². The molecule has 0 unspecified atom stereocenters. The summed E-state index contributed by atoms with van der Waals surface area (Å²) < 4.78 is 23.7. The van der Waals surface area contributed by atoms with Crippen LogP contribution in [0.15, 0.2) is 6.07 Å². The Balaban J connectivity index is 0.974. The fourth-order valence-corrected chi connectivity index (χ4v) is 9.04. The molecule has 256 valence electrons. The molecule has 11 nitrogen and oxygen atoms in total. The molecule has 3 saturated carbocycles. The van der Waals surface area contributed by atoms with Gasteiger partial charge in [0.05, 0.1) is 19.4 Å². The van der Waals surface area contributed by atoms with Crippen molar-refractivity contribution in [3.05, 3.63) is 6.07 Å². The molecule has 0 bridgehead atoms. The predicted octanol–water partition coefficient (Wildman–Crippen LogP) is 4.96. The van der Waals surface area contributed by atoms with Crippen molar-refractivity contribution in [1.82, 2.24) is 25.5 Å². The maximum Gasteiger partial charge on any atom is 0.331 e. The summed E-state index contributed by atoms with van der Waals surface area (Å²) in [5.74, 6) is 3.44. The van der Waals surface area contributed by atoms with Crippen LogP contribution in [0.1, 0.15) is 84.5 Å². The van der Waals surface area contributed by atoms with Crippen LogP contribution in [0.2, 0.25) is 0 Å². The lowest BCUT2D eigenvalue weighted by atomic mass is 9.82. The fraction of sp³-hybridized carbons (Fsp3) is 0.879. The van der Waals surface area contributed by atoms with Gasteiger partial charge in [-0.3, -0.25) is 9.46 Å². The molecule has 2 heterocycles. The molecule has 5 rings (SSSR count). The average Bonchev–Trinajstić information content (AvgIpc) is 3.83. The SMILES string of the molecule is CCOP(=O)(CCN1CCN(c2cc(N)nc(NC[C@H]3CC[C@H](CNCC4(CNC5CCCCC5)CC4)CC3)n2)CC1)OCC. The van der Waals surface area contributed by atoms with E-state index in [9.17, 15) is 4.57 Å². The zero-order valence-electron chi connectivity index (χ0n) is 28.1. The van der Waals surface area contributed by atoms with E-state index in [0.29, 0.717) is 49.0 Å². The molecule has 1 saturated heterocycles. The third kappa shape index (κ3) is 11.0. The molecule has 12 heteroatoms. The van der Waals surface area contributed by atoms with Crippen molar-refractivity contribution in [2.75, 3.05) is 94.2 Å². The summed E-state index contributed by atoms with van der Waals surface area (Å²) in [6.45, 7) is 13.0. The lowest BCUT2D eigenvalue weighted by molar-refractivity contribution is 0.209. The molecule has 0 amide bonds. The van der Waals surface area contributed by atoms with E-state index in [1.165, 1.54) is 90.3 Å². The normalized spacial score (nSPS) is 24.5. The lowest BCUT2D eigenvalue weighted by Gasteiger charge is -2.36. The van der Waals surface area contributed by atoms with Gasteiger partial charge in [-0.05, 0) is 89.0 Å². The third-order valence-corrected chi connectivity index (χ3v) is 12.6. The number of nitrogens with zero attached hydrogens (tertiary/aromatic N) is 4. The van der Waals surface area contributed by atoms with Gasteiger partial charge in [-0.15, -0.1) is 0 Å². The summed E-state index contributed by atoms with van der Waals surface area (Å²) in [6.07, 6.45) is 15.3. The molecule has 0 atom stereocenters. The molecular formula is C33H61N8O3P. The van der Waals surface area contributed by atoms with Crippen LogP contribution in [0, 0.1) is 17.3 Å². The molecular weight excluding hydrogens is 587 g/mol. The van der Waals surface area contributed by atoms with Crippen molar-refractivity contribution in [3.8, 4) is 0 Å². The Labute approximate surface area is 272 Å². The zero-order valence-corrected chi connectivity index (χ0v) is 29.0. The third-order valence-electron chi connectivity index (χ3n) is 10.5. The highest BCUT2D eigenvalue weighted by Crippen LogP contribution is 2.47. The molecule has 1 aliphatic heterocycles. The first-order valence-electron chi connectivity index (χ1n) is 18.1. The highest BCUT2D eigenvalue weighted by molar-refractivity contribution is 7.53. The van der Waals surface area contributed by atoms with Crippen LogP contribution in [0.4, 0.5) is 17.6 Å².